The second-order valence-electron chi connectivity index (χ2n) is 20.9. The molecule has 0 aliphatic carbocycles. The minimum Gasteiger partial charge on any atom is -0.479 e. The average Bonchev–Trinajstić information content (AvgIpc) is 3.53. The van der Waals surface area contributed by atoms with Gasteiger partial charge in [0, 0.05) is 19.3 Å². The molecule has 6 atom stereocenters. The molecule has 0 aromatic rings. The highest BCUT2D eigenvalue weighted by Crippen LogP contribution is 2.26. The largest absolute Gasteiger partial charge is 0.479 e. The number of esters is 3. The molecule has 3 N–H and O–H groups in total. The van der Waals surface area contributed by atoms with Crippen LogP contribution in [0, 0.1) is 0 Å². The van der Waals surface area contributed by atoms with E-state index in [1.54, 1.807) is 0 Å². The predicted octanol–water partition coefficient (Wildman–Crippen LogP) is 16.8. The van der Waals surface area contributed by atoms with Crippen molar-refractivity contribution < 1.29 is 58.2 Å². The number of allylic oxidation sites excluding steroid dienone is 20. The fraction of sp³-hybridized carbons (Fsp3) is 0.652. The summed E-state index contributed by atoms with van der Waals surface area (Å²) in [6.45, 7) is 5.70. The summed E-state index contributed by atoms with van der Waals surface area (Å²) in [6, 6.07) is 0. The molecule has 1 fully saturated rings. The summed E-state index contributed by atoms with van der Waals surface area (Å²) in [5, 5.41) is 31.6. The number of ether oxygens (including phenoxy) is 5. The highest BCUT2D eigenvalue weighted by Gasteiger charge is 2.50. The van der Waals surface area contributed by atoms with Crippen LogP contribution >= 0.6 is 0 Å². The highest BCUT2D eigenvalue weighted by atomic mass is 16.7. The molecule has 458 valence electrons. The maximum atomic E-state index is 13.2. The van der Waals surface area contributed by atoms with Gasteiger partial charge in [0.2, 0.25) is 0 Å². The number of carboxylic acids is 1. The fourth-order valence-corrected chi connectivity index (χ4v) is 8.73. The summed E-state index contributed by atoms with van der Waals surface area (Å²) in [5.74, 6) is -3.23. The number of carbonyl (C=O) groups excluding carboxylic acids is 3. The van der Waals surface area contributed by atoms with E-state index in [4.69, 9.17) is 23.7 Å². The predicted molar refractivity (Wildman–Crippen MR) is 330 cm³/mol. The van der Waals surface area contributed by atoms with Crippen LogP contribution in [0.3, 0.4) is 0 Å². The van der Waals surface area contributed by atoms with Crippen LogP contribution < -0.4 is 0 Å². The smallest absolute Gasteiger partial charge is 0.335 e. The summed E-state index contributed by atoms with van der Waals surface area (Å²) in [6.07, 6.45) is 64.4. The van der Waals surface area contributed by atoms with Gasteiger partial charge in [-0.2, -0.15) is 0 Å². The lowest BCUT2D eigenvalue weighted by molar-refractivity contribution is -0.301. The van der Waals surface area contributed by atoms with Crippen molar-refractivity contribution in [3.8, 4) is 0 Å². The van der Waals surface area contributed by atoms with E-state index in [1.165, 1.54) is 57.8 Å². The van der Waals surface area contributed by atoms with Gasteiger partial charge in [-0.05, 0) is 128 Å². The lowest BCUT2D eigenvalue weighted by atomic mass is 9.98. The van der Waals surface area contributed by atoms with E-state index >= 15 is 0 Å². The van der Waals surface area contributed by atoms with Crippen molar-refractivity contribution in [2.45, 2.75) is 276 Å². The van der Waals surface area contributed by atoms with E-state index in [1.807, 2.05) is 0 Å². The third-order valence-corrected chi connectivity index (χ3v) is 13.5. The Morgan fingerprint density at radius 1 is 0.420 bits per heavy atom. The second kappa shape index (κ2) is 55.6. The molecular weight excluding hydrogens is 1020 g/mol. The van der Waals surface area contributed by atoms with E-state index < -0.39 is 67.3 Å². The number of aliphatic hydroxyl groups is 2. The summed E-state index contributed by atoms with van der Waals surface area (Å²) in [4.78, 5) is 51.3. The van der Waals surface area contributed by atoms with Crippen molar-refractivity contribution in [2.24, 2.45) is 0 Å². The standard InChI is InChI=1S/C69H110O12/c1-4-7-10-13-16-19-22-25-28-30-31-33-35-37-40-43-46-49-52-55-61(70)77-58-60(79-62(71)56-53-50-47-44-41-38-34-27-24-21-18-15-12-9-6-3)59-78-69-67(65(74)64(73)66(81-69)68(75)76)80-63(72)57-54-51-48-45-42-39-36-32-29-26-23-20-17-14-11-8-5-2/h8-9,11-12,16-21,25-29,34,36,39,41,44,60,64-67,69,73-74H,4-7,10,13-15,22-24,30-33,35,37-38,40,42-43,45-59H2,1-3H3,(H,75,76)/b11-8-,12-9-,19-16-,20-17-,21-18-,28-25-,29-26-,34-27-,39-36-,44-41-. The molecule has 0 aromatic carbocycles. The SMILES string of the molecule is CC/C=C\C/C=C\C/C=C\C/C=C\CCCCCCC(=O)OC1C(OCC(COC(=O)CCCCCCCCCCC/C=C\C/C=C\CCCCC)OC(=O)CCCC/C=C\C/C=C\C/C=C\C/C=C\CC)OC(C(=O)O)C(O)C1O. The molecule has 0 radical (unpaired) electrons. The van der Waals surface area contributed by atoms with E-state index in [-0.39, 0.29) is 25.9 Å². The summed E-state index contributed by atoms with van der Waals surface area (Å²) in [7, 11) is 0. The Morgan fingerprint density at radius 3 is 1.21 bits per heavy atom. The van der Waals surface area contributed by atoms with Crippen molar-refractivity contribution in [1.29, 1.82) is 0 Å². The zero-order valence-corrected chi connectivity index (χ0v) is 50.5. The van der Waals surface area contributed by atoms with Crippen LogP contribution in [-0.2, 0) is 42.9 Å². The molecule has 0 saturated carbocycles. The molecule has 0 amide bonds. The Hall–Kier alpha value is -4.88. The lowest BCUT2D eigenvalue weighted by Gasteiger charge is -2.40. The first-order valence-corrected chi connectivity index (χ1v) is 31.5. The monoisotopic (exact) mass is 1130 g/mol. The Kier molecular flexibility index (Phi) is 50.9. The summed E-state index contributed by atoms with van der Waals surface area (Å²) < 4.78 is 28.4. The van der Waals surface area contributed by atoms with E-state index in [2.05, 4.69) is 142 Å². The molecular formula is C69H110O12. The number of carboxylic acid groups (broad SMARTS) is 1. The number of aliphatic hydroxyl groups excluding tert-OH is 2. The third-order valence-electron chi connectivity index (χ3n) is 13.5. The van der Waals surface area contributed by atoms with E-state index in [9.17, 15) is 34.5 Å². The van der Waals surface area contributed by atoms with Gasteiger partial charge in [0.15, 0.2) is 24.6 Å². The molecule has 12 heteroatoms. The Balaban J connectivity index is 2.71. The van der Waals surface area contributed by atoms with Crippen LogP contribution in [0.15, 0.2) is 122 Å². The molecule has 1 saturated heterocycles. The fourth-order valence-electron chi connectivity index (χ4n) is 8.73. The molecule has 6 unspecified atom stereocenters. The molecule has 1 rings (SSSR count). The lowest BCUT2D eigenvalue weighted by Crippen LogP contribution is -2.61. The van der Waals surface area contributed by atoms with Gasteiger partial charge in [0.05, 0.1) is 6.61 Å². The topological polar surface area (TPSA) is 175 Å². The van der Waals surface area contributed by atoms with Crippen LogP contribution in [0.25, 0.3) is 0 Å². The summed E-state index contributed by atoms with van der Waals surface area (Å²) >= 11 is 0. The number of rotatable bonds is 52. The molecule has 0 bridgehead atoms. The molecule has 0 aromatic heterocycles. The van der Waals surface area contributed by atoms with Gasteiger partial charge in [-0.1, -0.05) is 213 Å². The van der Waals surface area contributed by atoms with Crippen molar-refractivity contribution >= 4 is 23.9 Å². The zero-order valence-electron chi connectivity index (χ0n) is 50.5. The van der Waals surface area contributed by atoms with Crippen LogP contribution in [0.1, 0.15) is 239 Å². The number of unbranched alkanes of at least 4 members (excludes halogenated alkanes) is 18. The van der Waals surface area contributed by atoms with Gasteiger partial charge >= 0.3 is 23.9 Å². The van der Waals surface area contributed by atoms with Gasteiger partial charge in [-0.25, -0.2) is 4.79 Å². The third kappa shape index (κ3) is 45.3. The summed E-state index contributed by atoms with van der Waals surface area (Å²) in [5.41, 5.74) is 0. The zero-order chi connectivity index (χ0) is 58.9. The first kappa shape index (κ1) is 74.1. The van der Waals surface area contributed by atoms with Crippen molar-refractivity contribution in [2.75, 3.05) is 13.2 Å². The van der Waals surface area contributed by atoms with Crippen molar-refractivity contribution in [3.63, 3.8) is 0 Å². The van der Waals surface area contributed by atoms with Crippen LogP contribution in [0.4, 0.5) is 0 Å². The minimum atomic E-state index is -1.93. The number of aliphatic carboxylic acids is 1. The first-order valence-electron chi connectivity index (χ1n) is 31.5. The molecule has 1 aliphatic rings. The van der Waals surface area contributed by atoms with E-state index in [0.29, 0.717) is 19.3 Å². The Bertz CT molecular complexity index is 1870. The maximum absolute atomic E-state index is 13.2. The minimum absolute atomic E-state index is 0.0209. The van der Waals surface area contributed by atoms with Crippen LogP contribution in [-0.4, -0.2) is 89.2 Å². The van der Waals surface area contributed by atoms with E-state index in [0.717, 1.165) is 122 Å². The van der Waals surface area contributed by atoms with Crippen molar-refractivity contribution in [1.82, 2.24) is 0 Å². The number of hydrogen-bond acceptors (Lipinski definition) is 11. The quantitative estimate of drug-likeness (QED) is 0.0228. The van der Waals surface area contributed by atoms with Gasteiger partial charge in [-0.3, -0.25) is 14.4 Å². The highest BCUT2D eigenvalue weighted by molar-refractivity contribution is 5.74. The Morgan fingerprint density at radius 2 is 0.778 bits per heavy atom. The molecule has 1 heterocycles. The number of hydrogen-bond donors (Lipinski definition) is 3. The van der Waals surface area contributed by atoms with Gasteiger partial charge in [-0.15, -0.1) is 0 Å². The normalized spacial score (nSPS) is 18.6. The second-order valence-corrected chi connectivity index (χ2v) is 20.9. The number of carbonyl (C=O) groups is 4. The molecule has 0 spiro atoms. The van der Waals surface area contributed by atoms with Crippen LogP contribution in [0.2, 0.25) is 0 Å². The maximum Gasteiger partial charge on any atom is 0.335 e. The molecule has 1 aliphatic heterocycles. The molecule has 12 nitrogen and oxygen atoms in total. The van der Waals surface area contributed by atoms with Crippen molar-refractivity contribution in [3.05, 3.63) is 122 Å². The first-order chi connectivity index (χ1) is 39.6. The average molecular weight is 1130 g/mol. The van der Waals surface area contributed by atoms with Gasteiger partial charge in [0.25, 0.3) is 0 Å². The molecule has 81 heavy (non-hydrogen) atoms. The van der Waals surface area contributed by atoms with Gasteiger partial charge in [0.1, 0.15) is 18.8 Å². The Labute approximate surface area is 490 Å². The van der Waals surface area contributed by atoms with Crippen LogP contribution in [0.5, 0.6) is 0 Å². The van der Waals surface area contributed by atoms with Gasteiger partial charge < -0.3 is 39.0 Å².